The molecule has 0 fully saturated rings. The van der Waals surface area contributed by atoms with Crippen LogP contribution in [0.4, 0.5) is 5.82 Å². The van der Waals surface area contributed by atoms with Gasteiger partial charge in [0.2, 0.25) is 0 Å². The van der Waals surface area contributed by atoms with Crippen molar-refractivity contribution < 1.29 is 0 Å². The van der Waals surface area contributed by atoms with Crippen molar-refractivity contribution in [2.24, 2.45) is 0 Å². The number of rotatable bonds is 4. The number of nitrogens with zero attached hydrogens (tertiary/aromatic N) is 4. The van der Waals surface area contributed by atoms with Crippen molar-refractivity contribution in [1.29, 1.82) is 0 Å². The number of likely N-dealkylation sites (N-methyl/N-ethyl adjacent to an activating group) is 2. The van der Waals surface area contributed by atoms with Gasteiger partial charge in [0.15, 0.2) is 0 Å². The van der Waals surface area contributed by atoms with Crippen molar-refractivity contribution in [3.8, 4) is 0 Å². The summed E-state index contributed by atoms with van der Waals surface area (Å²) in [7, 11) is 6.21. The maximum absolute atomic E-state index is 4.41. The van der Waals surface area contributed by atoms with Crippen LogP contribution in [-0.4, -0.2) is 49.1 Å². The summed E-state index contributed by atoms with van der Waals surface area (Å²) in [5, 5.41) is 0. The van der Waals surface area contributed by atoms with E-state index in [0.29, 0.717) is 0 Å². The average molecular weight is 208 g/mol. The molecule has 15 heavy (non-hydrogen) atoms. The van der Waals surface area contributed by atoms with E-state index in [1.54, 1.807) is 0 Å². The van der Waals surface area contributed by atoms with Gasteiger partial charge in [-0.05, 0) is 27.9 Å². The van der Waals surface area contributed by atoms with E-state index in [4.69, 9.17) is 0 Å². The van der Waals surface area contributed by atoms with Crippen molar-refractivity contribution >= 4 is 5.82 Å². The molecule has 0 aliphatic heterocycles. The first-order valence-corrected chi connectivity index (χ1v) is 5.17. The van der Waals surface area contributed by atoms with Crippen molar-refractivity contribution in [2.75, 3.05) is 39.1 Å². The van der Waals surface area contributed by atoms with Crippen molar-refractivity contribution in [3.63, 3.8) is 0 Å². The Bertz CT molecular complexity index is 302. The van der Waals surface area contributed by atoms with Crippen molar-refractivity contribution in [3.05, 3.63) is 17.6 Å². The van der Waals surface area contributed by atoms with Crippen LogP contribution in [0.3, 0.4) is 0 Å². The quantitative estimate of drug-likeness (QED) is 0.741. The molecule has 1 heterocycles. The van der Waals surface area contributed by atoms with Crippen LogP contribution in [0, 0.1) is 13.8 Å². The molecule has 0 aliphatic carbocycles. The van der Waals surface area contributed by atoms with Gasteiger partial charge in [-0.15, -0.1) is 0 Å². The fraction of sp³-hybridized carbons (Fsp3) is 0.636. The van der Waals surface area contributed by atoms with Crippen LogP contribution in [-0.2, 0) is 0 Å². The summed E-state index contributed by atoms with van der Waals surface area (Å²) < 4.78 is 0. The fourth-order valence-corrected chi connectivity index (χ4v) is 1.36. The fourth-order valence-electron chi connectivity index (χ4n) is 1.36. The molecule has 4 heteroatoms. The van der Waals surface area contributed by atoms with Gasteiger partial charge in [0, 0.05) is 31.9 Å². The van der Waals surface area contributed by atoms with Gasteiger partial charge < -0.3 is 9.80 Å². The van der Waals surface area contributed by atoms with E-state index in [9.17, 15) is 0 Å². The Morgan fingerprint density at radius 2 is 1.73 bits per heavy atom. The molecule has 0 spiro atoms. The Kier molecular flexibility index (Phi) is 4.03. The summed E-state index contributed by atoms with van der Waals surface area (Å²) in [5.74, 6) is 1.84. The average Bonchev–Trinajstić information content (AvgIpc) is 2.12. The highest BCUT2D eigenvalue weighted by atomic mass is 15.2. The predicted octanol–water partition coefficient (Wildman–Crippen LogP) is 1.09. The molecule has 1 aromatic rings. The van der Waals surface area contributed by atoms with Gasteiger partial charge >= 0.3 is 0 Å². The Hall–Kier alpha value is -1.16. The maximum atomic E-state index is 4.41. The zero-order chi connectivity index (χ0) is 11.4. The highest BCUT2D eigenvalue weighted by Gasteiger charge is 2.04. The molecular formula is C11H20N4. The Labute approximate surface area is 91.9 Å². The molecule has 1 aromatic heterocycles. The SMILES string of the molecule is Cc1cc(N(C)CCN(C)C)nc(C)n1. The molecule has 84 valence electrons. The molecule has 0 unspecified atom stereocenters. The van der Waals surface area contributed by atoms with Gasteiger partial charge in [-0.2, -0.15) is 0 Å². The highest BCUT2D eigenvalue weighted by Crippen LogP contribution is 2.09. The molecule has 0 saturated carbocycles. The molecule has 0 radical (unpaired) electrons. The summed E-state index contributed by atoms with van der Waals surface area (Å²) in [6, 6.07) is 2.02. The topological polar surface area (TPSA) is 32.3 Å². The molecule has 1 rings (SSSR count). The van der Waals surface area contributed by atoms with E-state index in [1.165, 1.54) is 0 Å². The predicted molar refractivity (Wildman–Crippen MR) is 63.3 cm³/mol. The minimum Gasteiger partial charge on any atom is -0.358 e. The third kappa shape index (κ3) is 3.83. The van der Waals surface area contributed by atoms with E-state index < -0.39 is 0 Å². The Morgan fingerprint density at radius 3 is 2.27 bits per heavy atom. The monoisotopic (exact) mass is 208 g/mol. The molecular weight excluding hydrogens is 188 g/mol. The smallest absolute Gasteiger partial charge is 0.132 e. The van der Waals surface area contributed by atoms with Crippen LogP contribution in [0.1, 0.15) is 11.5 Å². The minimum atomic E-state index is 0.835. The third-order valence-electron chi connectivity index (χ3n) is 2.23. The summed E-state index contributed by atoms with van der Waals surface area (Å²) in [4.78, 5) is 13.0. The lowest BCUT2D eigenvalue weighted by Crippen LogP contribution is -2.29. The largest absolute Gasteiger partial charge is 0.358 e. The standard InChI is InChI=1S/C11H20N4/c1-9-8-11(13-10(2)12-9)15(5)7-6-14(3)4/h8H,6-7H2,1-5H3. The summed E-state index contributed by atoms with van der Waals surface area (Å²) in [6.45, 7) is 5.93. The first kappa shape index (κ1) is 11.9. The second kappa shape index (κ2) is 5.07. The first-order valence-electron chi connectivity index (χ1n) is 5.17. The normalized spacial score (nSPS) is 10.8. The molecule has 0 aliphatic rings. The lowest BCUT2D eigenvalue weighted by molar-refractivity contribution is 0.416. The number of aryl methyl sites for hydroxylation is 2. The first-order chi connectivity index (χ1) is 6.99. The third-order valence-corrected chi connectivity index (χ3v) is 2.23. The summed E-state index contributed by atoms with van der Waals surface area (Å²) in [5.41, 5.74) is 1.02. The summed E-state index contributed by atoms with van der Waals surface area (Å²) >= 11 is 0. The van der Waals surface area contributed by atoms with Crippen LogP contribution in [0.2, 0.25) is 0 Å². The zero-order valence-electron chi connectivity index (χ0n) is 10.3. The van der Waals surface area contributed by atoms with Crippen LogP contribution in [0.25, 0.3) is 0 Å². The van der Waals surface area contributed by atoms with Gasteiger partial charge in [0.05, 0.1) is 0 Å². The second-order valence-corrected chi connectivity index (χ2v) is 4.14. The van der Waals surface area contributed by atoms with Crippen LogP contribution in [0.5, 0.6) is 0 Å². The van der Waals surface area contributed by atoms with Gasteiger partial charge in [-0.25, -0.2) is 9.97 Å². The lowest BCUT2D eigenvalue weighted by Gasteiger charge is -2.20. The van der Waals surface area contributed by atoms with Crippen LogP contribution in [0.15, 0.2) is 6.07 Å². The highest BCUT2D eigenvalue weighted by molar-refractivity contribution is 5.38. The molecule has 0 atom stereocenters. The van der Waals surface area contributed by atoms with Gasteiger partial charge in [0.1, 0.15) is 11.6 Å². The van der Waals surface area contributed by atoms with E-state index in [1.807, 2.05) is 19.9 Å². The van der Waals surface area contributed by atoms with E-state index in [0.717, 1.165) is 30.4 Å². The second-order valence-electron chi connectivity index (χ2n) is 4.14. The molecule has 0 saturated heterocycles. The summed E-state index contributed by atoms with van der Waals surface area (Å²) in [6.07, 6.45) is 0. The molecule has 0 N–H and O–H groups in total. The van der Waals surface area contributed by atoms with Crippen LogP contribution >= 0.6 is 0 Å². The van der Waals surface area contributed by atoms with Gasteiger partial charge in [-0.3, -0.25) is 0 Å². The van der Waals surface area contributed by atoms with Crippen LogP contribution < -0.4 is 4.90 Å². The Morgan fingerprint density at radius 1 is 1.07 bits per heavy atom. The molecule has 0 bridgehead atoms. The molecule has 0 amide bonds. The van der Waals surface area contributed by atoms with Crippen molar-refractivity contribution in [2.45, 2.75) is 13.8 Å². The number of hydrogen-bond acceptors (Lipinski definition) is 4. The number of anilines is 1. The number of hydrogen-bond donors (Lipinski definition) is 0. The van der Waals surface area contributed by atoms with E-state index >= 15 is 0 Å². The van der Waals surface area contributed by atoms with E-state index in [2.05, 4.69) is 40.9 Å². The number of aromatic nitrogens is 2. The lowest BCUT2D eigenvalue weighted by atomic mass is 10.4. The van der Waals surface area contributed by atoms with E-state index in [-0.39, 0.29) is 0 Å². The Balaban J connectivity index is 2.68. The maximum Gasteiger partial charge on any atom is 0.132 e. The van der Waals surface area contributed by atoms with Gasteiger partial charge in [0.25, 0.3) is 0 Å². The zero-order valence-corrected chi connectivity index (χ0v) is 10.3. The van der Waals surface area contributed by atoms with Gasteiger partial charge in [-0.1, -0.05) is 0 Å². The van der Waals surface area contributed by atoms with Crippen molar-refractivity contribution in [1.82, 2.24) is 14.9 Å². The molecule has 0 aromatic carbocycles. The minimum absolute atomic E-state index is 0.835. The molecule has 4 nitrogen and oxygen atoms in total.